The van der Waals surface area contributed by atoms with Gasteiger partial charge >= 0.3 is 5.69 Å². The van der Waals surface area contributed by atoms with Gasteiger partial charge in [-0.25, -0.2) is 9.18 Å². The molecule has 0 spiro atoms. The summed E-state index contributed by atoms with van der Waals surface area (Å²) in [6, 6.07) is 11.8. The Balaban J connectivity index is 2.38. The second-order valence-electron chi connectivity index (χ2n) is 4.27. The van der Waals surface area contributed by atoms with Crippen molar-refractivity contribution in [2.45, 2.75) is 6.92 Å². The summed E-state index contributed by atoms with van der Waals surface area (Å²) in [4.78, 5) is 14.7. The Bertz CT molecular complexity index is 786. The lowest BCUT2D eigenvalue weighted by molar-refractivity contribution is 0.629. The molecule has 90 valence electrons. The number of nitrogens with one attached hydrogen (secondary N) is 1. The number of aromatic nitrogens is 2. The van der Waals surface area contributed by atoms with E-state index in [1.54, 1.807) is 6.07 Å². The van der Waals surface area contributed by atoms with Crippen molar-refractivity contribution in [2.75, 3.05) is 0 Å². The van der Waals surface area contributed by atoms with Gasteiger partial charge in [-0.2, -0.15) is 0 Å². The van der Waals surface area contributed by atoms with Crippen LogP contribution in [-0.4, -0.2) is 9.55 Å². The van der Waals surface area contributed by atoms with E-state index in [2.05, 4.69) is 4.98 Å². The maximum Gasteiger partial charge on any atom is 0.331 e. The van der Waals surface area contributed by atoms with Gasteiger partial charge < -0.3 is 4.98 Å². The highest BCUT2D eigenvalue weighted by Crippen LogP contribution is 2.17. The molecule has 3 rings (SSSR count). The highest BCUT2D eigenvalue weighted by atomic mass is 19.1. The van der Waals surface area contributed by atoms with Gasteiger partial charge in [0.25, 0.3) is 0 Å². The molecule has 3 nitrogen and oxygen atoms in total. The standard InChI is InChI=1S/C14H11FN2O/c1-9-3-2-4-11(7-9)17-13-8-10(15)5-6-12(13)16-14(17)18/h2-8H,1H3,(H,16,18). The van der Waals surface area contributed by atoms with E-state index in [1.807, 2.05) is 31.2 Å². The van der Waals surface area contributed by atoms with Gasteiger partial charge in [0.05, 0.1) is 16.7 Å². The van der Waals surface area contributed by atoms with Gasteiger partial charge in [-0.15, -0.1) is 0 Å². The topological polar surface area (TPSA) is 37.8 Å². The van der Waals surface area contributed by atoms with Crippen molar-refractivity contribution >= 4 is 11.0 Å². The van der Waals surface area contributed by atoms with Crippen molar-refractivity contribution in [1.82, 2.24) is 9.55 Å². The number of aromatic amines is 1. The summed E-state index contributed by atoms with van der Waals surface area (Å²) in [6.45, 7) is 1.95. The number of benzene rings is 2. The maximum absolute atomic E-state index is 13.3. The molecule has 2 aromatic carbocycles. The number of imidazole rings is 1. The van der Waals surface area contributed by atoms with E-state index >= 15 is 0 Å². The van der Waals surface area contributed by atoms with Gasteiger partial charge in [0, 0.05) is 6.07 Å². The molecule has 18 heavy (non-hydrogen) atoms. The summed E-state index contributed by atoms with van der Waals surface area (Å²) in [5.41, 5.74) is 2.69. The fraction of sp³-hybridized carbons (Fsp3) is 0.0714. The van der Waals surface area contributed by atoms with E-state index in [-0.39, 0.29) is 11.5 Å². The first-order valence-electron chi connectivity index (χ1n) is 5.62. The van der Waals surface area contributed by atoms with Gasteiger partial charge in [0.15, 0.2) is 0 Å². The summed E-state index contributed by atoms with van der Waals surface area (Å²) >= 11 is 0. The first-order valence-corrected chi connectivity index (χ1v) is 5.62. The highest BCUT2D eigenvalue weighted by molar-refractivity contribution is 5.77. The molecule has 0 fully saturated rings. The average molecular weight is 242 g/mol. The number of rotatable bonds is 1. The Hall–Kier alpha value is -2.36. The molecule has 0 atom stereocenters. The fourth-order valence-electron chi connectivity index (χ4n) is 2.10. The quantitative estimate of drug-likeness (QED) is 0.700. The van der Waals surface area contributed by atoms with Gasteiger partial charge in [-0.05, 0) is 36.8 Å². The molecule has 0 bridgehead atoms. The van der Waals surface area contributed by atoms with Crippen LogP contribution in [0.15, 0.2) is 47.3 Å². The largest absolute Gasteiger partial charge is 0.331 e. The highest BCUT2D eigenvalue weighted by Gasteiger charge is 2.09. The molecule has 1 N–H and O–H groups in total. The van der Waals surface area contributed by atoms with Gasteiger partial charge in [-0.3, -0.25) is 4.57 Å². The SMILES string of the molecule is Cc1cccc(-n2c(=O)[nH]c3ccc(F)cc32)c1. The van der Waals surface area contributed by atoms with Crippen LogP contribution in [0.4, 0.5) is 4.39 Å². The molecule has 4 heteroatoms. The predicted octanol–water partition coefficient (Wildman–Crippen LogP) is 2.77. The van der Waals surface area contributed by atoms with E-state index in [0.29, 0.717) is 11.0 Å². The predicted molar refractivity (Wildman–Crippen MR) is 68.6 cm³/mol. The lowest BCUT2D eigenvalue weighted by Gasteiger charge is -2.04. The number of halogens is 1. The molecule has 0 amide bonds. The molecular weight excluding hydrogens is 231 g/mol. The fourth-order valence-corrected chi connectivity index (χ4v) is 2.10. The number of fused-ring (bicyclic) bond motifs is 1. The summed E-state index contributed by atoms with van der Waals surface area (Å²) < 4.78 is 14.8. The monoisotopic (exact) mass is 242 g/mol. The Kier molecular flexibility index (Phi) is 2.30. The zero-order valence-electron chi connectivity index (χ0n) is 9.77. The number of hydrogen-bond acceptors (Lipinski definition) is 1. The Morgan fingerprint density at radius 2 is 2.00 bits per heavy atom. The number of H-pyrrole nitrogens is 1. The number of hydrogen-bond donors (Lipinski definition) is 1. The van der Waals surface area contributed by atoms with E-state index in [0.717, 1.165) is 11.3 Å². The van der Waals surface area contributed by atoms with E-state index < -0.39 is 0 Å². The summed E-state index contributed by atoms with van der Waals surface area (Å²) in [5, 5.41) is 0. The van der Waals surface area contributed by atoms with Gasteiger partial charge in [-0.1, -0.05) is 12.1 Å². The van der Waals surface area contributed by atoms with Crippen LogP contribution >= 0.6 is 0 Å². The third-order valence-corrected chi connectivity index (χ3v) is 2.91. The molecule has 0 unspecified atom stereocenters. The molecular formula is C14H11FN2O. The van der Waals surface area contributed by atoms with Crippen LogP contribution in [-0.2, 0) is 0 Å². The molecule has 3 aromatic rings. The maximum atomic E-state index is 13.3. The molecule has 1 heterocycles. The second-order valence-corrected chi connectivity index (χ2v) is 4.27. The number of nitrogens with zero attached hydrogens (tertiary/aromatic N) is 1. The Labute approximate surface area is 103 Å². The van der Waals surface area contributed by atoms with Gasteiger partial charge in [0.1, 0.15) is 5.82 Å². The summed E-state index contributed by atoms with van der Waals surface area (Å²) in [5.74, 6) is -0.358. The van der Waals surface area contributed by atoms with Crippen LogP contribution in [0.1, 0.15) is 5.56 Å². The minimum atomic E-state index is -0.358. The molecule has 0 aliphatic heterocycles. The van der Waals surface area contributed by atoms with Crippen LogP contribution < -0.4 is 5.69 Å². The normalized spacial score (nSPS) is 11.0. The molecule has 0 saturated heterocycles. The Morgan fingerprint density at radius 1 is 1.17 bits per heavy atom. The smallest absolute Gasteiger partial charge is 0.305 e. The van der Waals surface area contributed by atoms with Crippen molar-refractivity contribution in [3.63, 3.8) is 0 Å². The minimum absolute atomic E-state index is 0.263. The van der Waals surface area contributed by atoms with E-state index in [9.17, 15) is 9.18 Å². The van der Waals surface area contributed by atoms with Crippen LogP contribution in [0.2, 0.25) is 0 Å². The number of aryl methyl sites for hydroxylation is 1. The molecule has 0 saturated carbocycles. The van der Waals surface area contributed by atoms with Crippen molar-refractivity contribution in [3.05, 3.63) is 64.3 Å². The lowest BCUT2D eigenvalue weighted by Crippen LogP contribution is -2.14. The average Bonchev–Trinajstić information content (AvgIpc) is 2.64. The van der Waals surface area contributed by atoms with Crippen molar-refractivity contribution in [3.8, 4) is 5.69 Å². The molecule has 0 aliphatic rings. The van der Waals surface area contributed by atoms with E-state index in [1.165, 1.54) is 16.7 Å². The molecule has 1 aromatic heterocycles. The van der Waals surface area contributed by atoms with Crippen molar-refractivity contribution in [2.24, 2.45) is 0 Å². The summed E-state index contributed by atoms with van der Waals surface area (Å²) in [7, 11) is 0. The third kappa shape index (κ3) is 1.62. The first kappa shape index (κ1) is 10.8. The van der Waals surface area contributed by atoms with Crippen LogP contribution in [0, 0.1) is 12.7 Å². The third-order valence-electron chi connectivity index (χ3n) is 2.91. The minimum Gasteiger partial charge on any atom is -0.305 e. The van der Waals surface area contributed by atoms with Crippen LogP contribution in [0.5, 0.6) is 0 Å². The van der Waals surface area contributed by atoms with Crippen molar-refractivity contribution < 1.29 is 4.39 Å². The van der Waals surface area contributed by atoms with E-state index in [4.69, 9.17) is 0 Å². The lowest BCUT2D eigenvalue weighted by atomic mass is 10.2. The Morgan fingerprint density at radius 3 is 2.78 bits per heavy atom. The zero-order valence-corrected chi connectivity index (χ0v) is 9.77. The van der Waals surface area contributed by atoms with Crippen molar-refractivity contribution in [1.29, 1.82) is 0 Å². The van der Waals surface area contributed by atoms with Crippen LogP contribution in [0.3, 0.4) is 0 Å². The second kappa shape index (κ2) is 3.84. The zero-order chi connectivity index (χ0) is 12.7. The summed E-state index contributed by atoms with van der Waals surface area (Å²) in [6.07, 6.45) is 0. The first-order chi connectivity index (χ1) is 8.65. The molecule has 0 radical (unpaired) electrons. The van der Waals surface area contributed by atoms with Crippen LogP contribution in [0.25, 0.3) is 16.7 Å². The molecule has 0 aliphatic carbocycles. The van der Waals surface area contributed by atoms with Gasteiger partial charge in [0.2, 0.25) is 0 Å².